The van der Waals surface area contributed by atoms with Gasteiger partial charge >= 0.3 is 5.97 Å². The maximum Gasteiger partial charge on any atom is 0.326 e. The van der Waals surface area contributed by atoms with Gasteiger partial charge in [0.15, 0.2) is 0 Å². The number of rotatable bonds is 21. The molecule has 1 saturated heterocycles. The second-order valence-corrected chi connectivity index (χ2v) is 16.9. The third-order valence-corrected chi connectivity index (χ3v) is 12.6. The predicted molar refractivity (Wildman–Crippen MR) is 205 cm³/mol. The van der Waals surface area contributed by atoms with Crippen molar-refractivity contribution in [1.29, 1.82) is 0 Å². The summed E-state index contributed by atoms with van der Waals surface area (Å²) >= 11 is 1.43. The Kier molecular flexibility index (Phi) is 16.3. The molecule has 0 aromatic carbocycles. The number of carboxylic acid groups (broad SMARTS) is 1. The van der Waals surface area contributed by atoms with Gasteiger partial charge in [0.05, 0.1) is 42.7 Å². The second-order valence-electron chi connectivity index (χ2n) is 15.8. The van der Waals surface area contributed by atoms with E-state index < -0.39 is 60.2 Å². The maximum absolute atomic E-state index is 14.5. The molecule has 0 spiro atoms. The fourth-order valence-electron chi connectivity index (χ4n) is 8.32. The number of thiophene rings is 1. The van der Waals surface area contributed by atoms with Crippen LogP contribution in [0.5, 0.6) is 0 Å². The zero-order chi connectivity index (χ0) is 39.9. The zero-order valence-corrected chi connectivity index (χ0v) is 34.6. The Labute approximate surface area is 320 Å². The van der Waals surface area contributed by atoms with Crippen molar-refractivity contribution in [2.45, 2.75) is 130 Å². The SMILES string of the molecule is CC[C@H](C)[C@@H]([C@@H](CC(=O)N1C2C(C[C@H]1[C@H](OC)[C@@H](C)C(=O)N[C@@H](Cc1cccs1)C(=O)O)[C@@H]2C)OC)N(C)C(=O)[C@@H](NC(=O)[C@@H](NC)C(C)C)C(C)C. The molecule has 2 unspecified atom stereocenters. The summed E-state index contributed by atoms with van der Waals surface area (Å²) in [4.78, 5) is 71.9. The number of likely N-dealkylation sites (N-methyl/N-ethyl adjacent to an activating group) is 2. The number of likely N-dealkylation sites (tertiary alicyclic amines) is 1. The third kappa shape index (κ3) is 10.4. The third-order valence-electron chi connectivity index (χ3n) is 11.7. The van der Waals surface area contributed by atoms with E-state index in [4.69, 9.17) is 9.47 Å². The Balaban J connectivity index is 1.83. The van der Waals surface area contributed by atoms with Crippen molar-refractivity contribution in [3.05, 3.63) is 22.4 Å². The Bertz CT molecular complexity index is 1390. The van der Waals surface area contributed by atoms with E-state index in [1.807, 2.05) is 64.0 Å². The molecule has 4 amide bonds. The molecule has 1 aromatic rings. The van der Waals surface area contributed by atoms with Crippen LogP contribution in [0.3, 0.4) is 0 Å². The van der Waals surface area contributed by atoms with E-state index in [9.17, 15) is 29.1 Å². The van der Waals surface area contributed by atoms with Gasteiger partial charge < -0.3 is 40.3 Å². The van der Waals surface area contributed by atoms with Crippen molar-refractivity contribution in [3.63, 3.8) is 0 Å². The van der Waals surface area contributed by atoms with Crippen LogP contribution in [0, 0.1) is 35.5 Å². The largest absolute Gasteiger partial charge is 0.480 e. The van der Waals surface area contributed by atoms with Crippen molar-refractivity contribution in [2.75, 3.05) is 28.3 Å². The van der Waals surface area contributed by atoms with Gasteiger partial charge in [-0.1, -0.05) is 67.9 Å². The number of hydrogen-bond acceptors (Lipinski definition) is 9. The van der Waals surface area contributed by atoms with Gasteiger partial charge in [-0.05, 0) is 54.5 Å². The average Bonchev–Trinajstić information content (AvgIpc) is 3.45. The lowest BCUT2D eigenvalue weighted by atomic mass is 9.89. The highest BCUT2D eigenvalue weighted by Gasteiger charge is 2.62. The van der Waals surface area contributed by atoms with Gasteiger partial charge in [0.25, 0.3) is 0 Å². The van der Waals surface area contributed by atoms with Gasteiger partial charge in [0.1, 0.15) is 12.1 Å². The monoisotopic (exact) mass is 763 g/mol. The van der Waals surface area contributed by atoms with Crippen molar-refractivity contribution >= 4 is 40.9 Å². The van der Waals surface area contributed by atoms with Crippen LogP contribution in [-0.4, -0.2) is 121 Å². The summed E-state index contributed by atoms with van der Waals surface area (Å²) in [5.74, 6) is -2.61. The van der Waals surface area contributed by atoms with E-state index in [2.05, 4.69) is 22.9 Å². The minimum Gasteiger partial charge on any atom is -0.480 e. The molecule has 53 heavy (non-hydrogen) atoms. The standard InChI is InChI=1S/C39H65N5O8S/c1-13-22(6)33(43(10)38(48)32(21(4)5)42-37(47)31(40-9)20(2)3)29(51-11)19-30(45)44-28(18-26-23(7)34(26)44)35(52-12)24(8)36(46)41-27(39(49)50)17-25-15-14-16-53-25/h14-16,20-24,26-29,31-35,40H,13,17-19H2,1-12H3,(H,41,46)(H,42,47)(H,49,50)/t22-,23-,24+,26?,27-,28-,29+,31-,32-,33-,34?,35+/m0/s1. The molecule has 300 valence electrons. The van der Waals surface area contributed by atoms with Crippen LogP contribution in [0.15, 0.2) is 17.5 Å². The topological polar surface area (TPSA) is 167 Å². The summed E-state index contributed by atoms with van der Waals surface area (Å²) in [7, 11) is 6.52. The van der Waals surface area contributed by atoms with Crippen LogP contribution in [0.4, 0.5) is 0 Å². The summed E-state index contributed by atoms with van der Waals surface area (Å²) in [6.45, 7) is 15.6. The smallest absolute Gasteiger partial charge is 0.326 e. The van der Waals surface area contributed by atoms with E-state index in [1.165, 1.54) is 18.4 Å². The van der Waals surface area contributed by atoms with Gasteiger partial charge in [-0.2, -0.15) is 0 Å². The molecule has 2 heterocycles. The Morgan fingerprint density at radius 2 is 1.64 bits per heavy atom. The first kappa shape index (κ1) is 44.3. The zero-order valence-electron chi connectivity index (χ0n) is 33.8. The highest BCUT2D eigenvalue weighted by Crippen LogP contribution is 2.54. The molecular weight excluding hydrogens is 699 g/mol. The van der Waals surface area contributed by atoms with Gasteiger partial charge in [-0.25, -0.2) is 4.79 Å². The fourth-order valence-corrected chi connectivity index (χ4v) is 9.07. The minimum atomic E-state index is -1.12. The molecule has 1 aliphatic carbocycles. The number of fused-ring (bicyclic) bond motifs is 1. The summed E-state index contributed by atoms with van der Waals surface area (Å²) in [5.41, 5.74) is 0. The molecule has 1 saturated carbocycles. The van der Waals surface area contributed by atoms with E-state index in [0.29, 0.717) is 6.42 Å². The number of ether oxygens (including phenoxy) is 2. The van der Waals surface area contributed by atoms with Crippen molar-refractivity contribution in [2.24, 2.45) is 35.5 Å². The van der Waals surface area contributed by atoms with Gasteiger partial charge in [0.2, 0.25) is 23.6 Å². The Morgan fingerprint density at radius 3 is 2.13 bits per heavy atom. The molecule has 13 nitrogen and oxygen atoms in total. The van der Waals surface area contributed by atoms with Crippen LogP contribution in [0.1, 0.15) is 79.5 Å². The molecule has 4 N–H and O–H groups in total. The van der Waals surface area contributed by atoms with Crippen molar-refractivity contribution in [3.8, 4) is 0 Å². The molecule has 1 aromatic heterocycles. The van der Waals surface area contributed by atoms with Crippen LogP contribution in [0.25, 0.3) is 0 Å². The van der Waals surface area contributed by atoms with Gasteiger partial charge in [-0.15, -0.1) is 11.3 Å². The lowest BCUT2D eigenvalue weighted by molar-refractivity contribution is -0.149. The number of carboxylic acids is 1. The first-order valence-electron chi connectivity index (χ1n) is 19.1. The number of nitrogens with one attached hydrogen (secondary N) is 3. The highest BCUT2D eigenvalue weighted by atomic mass is 32.1. The molecule has 2 fully saturated rings. The molecule has 14 heteroatoms. The first-order chi connectivity index (χ1) is 24.9. The lowest BCUT2D eigenvalue weighted by Crippen LogP contribution is -2.59. The molecular formula is C39H65N5O8S. The molecule has 12 atom stereocenters. The van der Waals surface area contributed by atoms with Crippen LogP contribution in [-0.2, 0) is 39.9 Å². The fraction of sp³-hybridized carbons (Fsp3) is 0.769. The van der Waals surface area contributed by atoms with E-state index >= 15 is 0 Å². The summed E-state index contributed by atoms with van der Waals surface area (Å²) < 4.78 is 12.0. The lowest BCUT2D eigenvalue weighted by Gasteiger charge is -2.41. The molecule has 0 radical (unpaired) electrons. The van der Waals surface area contributed by atoms with Crippen molar-refractivity contribution < 1.29 is 38.6 Å². The van der Waals surface area contributed by atoms with Crippen LogP contribution < -0.4 is 16.0 Å². The number of nitrogens with zero attached hydrogens (tertiary/aromatic N) is 2. The average molecular weight is 764 g/mol. The first-order valence-corrected chi connectivity index (χ1v) is 20.0. The number of amides is 4. The van der Waals surface area contributed by atoms with Crippen LogP contribution >= 0.6 is 11.3 Å². The predicted octanol–water partition coefficient (Wildman–Crippen LogP) is 3.41. The number of carbonyl (C=O) groups is 5. The van der Waals surface area contributed by atoms with E-state index in [1.54, 1.807) is 33.0 Å². The molecule has 1 aliphatic heterocycles. The van der Waals surface area contributed by atoms with E-state index in [0.717, 1.165) is 11.3 Å². The van der Waals surface area contributed by atoms with Gasteiger partial charge in [-0.3, -0.25) is 19.2 Å². The minimum absolute atomic E-state index is 0.00234. The number of hydrogen-bond donors (Lipinski definition) is 4. The molecule has 2 aliphatic rings. The summed E-state index contributed by atoms with van der Waals surface area (Å²) in [6, 6.07) is 0.459. The highest BCUT2D eigenvalue weighted by molar-refractivity contribution is 7.09. The number of carbonyl (C=O) groups excluding carboxylic acids is 4. The quantitative estimate of drug-likeness (QED) is 0.147. The number of piperidine rings is 1. The normalized spacial score (nSPS) is 24.0. The Morgan fingerprint density at radius 1 is 1.00 bits per heavy atom. The van der Waals surface area contributed by atoms with Crippen LogP contribution in [0.2, 0.25) is 0 Å². The van der Waals surface area contributed by atoms with Gasteiger partial charge in [0, 0.05) is 38.6 Å². The van der Waals surface area contributed by atoms with Crippen molar-refractivity contribution in [1.82, 2.24) is 25.8 Å². The second kappa shape index (κ2) is 19.5. The molecule has 0 bridgehead atoms. The summed E-state index contributed by atoms with van der Waals surface area (Å²) in [5, 5.41) is 20.5. The Hall–Kier alpha value is -3.07. The summed E-state index contributed by atoms with van der Waals surface area (Å²) in [6.07, 6.45) is 0.233. The maximum atomic E-state index is 14.5. The molecule has 3 rings (SSSR count). The number of methoxy groups -OCH3 is 2. The van der Waals surface area contributed by atoms with E-state index in [-0.39, 0.29) is 66.2 Å². The number of aliphatic carboxylic acids is 1.